The number of benzene rings is 3. The Balaban J connectivity index is 1.58. The summed E-state index contributed by atoms with van der Waals surface area (Å²) in [5.41, 5.74) is 3.03. The summed E-state index contributed by atoms with van der Waals surface area (Å²) in [6.07, 6.45) is 0. The number of imide groups is 1. The minimum Gasteiger partial charge on any atom is -0.350 e. The maximum atomic E-state index is 13.2. The highest BCUT2D eigenvalue weighted by atomic mass is 35.5. The third-order valence-corrected chi connectivity index (χ3v) is 5.97. The Bertz CT molecular complexity index is 1320. The van der Waals surface area contributed by atoms with E-state index in [1.807, 2.05) is 38.1 Å². The molecule has 0 saturated heterocycles. The number of nitrogens with one attached hydrogen (secondary N) is 1. The van der Waals surface area contributed by atoms with Gasteiger partial charge in [-0.3, -0.25) is 14.4 Å². The SMILES string of the molecule is CCN(C(=O)c1cccc(NC2=C(Cl)C(=O)N(c3ccc(Cl)cc3)C2=O)c1)c1cccc(C)c1. The molecule has 0 unspecified atom stereocenters. The number of nitrogens with zero attached hydrogens (tertiary/aromatic N) is 2. The summed E-state index contributed by atoms with van der Waals surface area (Å²) in [5.74, 6) is -1.42. The number of hydrogen-bond donors (Lipinski definition) is 1. The van der Waals surface area contributed by atoms with Crippen molar-refractivity contribution in [3.63, 3.8) is 0 Å². The van der Waals surface area contributed by atoms with E-state index in [4.69, 9.17) is 23.2 Å². The number of carbonyl (C=O) groups is 3. The molecule has 1 heterocycles. The number of amides is 3. The molecule has 0 saturated carbocycles. The van der Waals surface area contributed by atoms with Gasteiger partial charge in [0.2, 0.25) is 0 Å². The quantitative estimate of drug-likeness (QED) is 0.443. The lowest BCUT2D eigenvalue weighted by Crippen LogP contribution is -2.32. The van der Waals surface area contributed by atoms with E-state index in [2.05, 4.69) is 5.32 Å². The summed E-state index contributed by atoms with van der Waals surface area (Å²) in [7, 11) is 0. The van der Waals surface area contributed by atoms with Crippen molar-refractivity contribution >= 4 is 58.0 Å². The van der Waals surface area contributed by atoms with Crippen molar-refractivity contribution in [2.75, 3.05) is 21.7 Å². The summed E-state index contributed by atoms with van der Waals surface area (Å²) in [6.45, 7) is 4.36. The molecule has 1 N–H and O–H groups in total. The van der Waals surface area contributed by atoms with Gasteiger partial charge in [-0.15, -0.1) is 0 Å². The van der Waals surface area contributed by atoms with E-state index < -0.39 is 11.8 Å². The molecule has 0 spiro atoms. The van der Waals surface area contributed by atoms with Crippen LogP contribution in [0.2, 0.25) is 5.02 Å². The van der Waals surface area contributed by atoms with Crippen molar-refractivity contribution in [3.8, 4) is 0 Å². The molecule has 172 valence electrons. The molecule has 1 aliphatic rings. The van der Waals surface area contributed by atoms with Gasteiger partial charge in [0.1, 0.15) is 10.7 Å². The second kappa shape index (κ2) is 9.71. The van der Waals surface area contributed by atoms with Crippen molar-refractivity contribution in [1.29, 1.82) is 0 Å². The molecule has 0 radical (unpaired) electrons. The van der Waals surface area contributed by atoms with Gasteiger partial charge in [-0.05, 0) is 74.0 Å². The molecule has 0 bridgehead atoms. The number of anilines is 3. The maximum Gasteiger partial charge on any atom is 0.283 e. The van der Waals surface area contributed by atoms with Crippen LogP contribution >= 0.6 is 23.2 Å². The van der Waals surface area contributed by atoms with E-state index in [-0.39, 0.29) is 16.6 Å². The van der Waals surface area contributed by atoms with Crippen molar-refractivity contribution in [2.45, 2.75) is 13.8 Å². The Hall–Kier alpha value is -3.61. The summed E-state index contributed by atoms with van der Waals surface area (Å²) >= 11 is 12.1. The first-order valence-corrected chi connectivity index (χ1v) is 11.4. The summed E-state index contributed by atoms with van der Waals surface area (Å²) < 4.78 is 0. The van der Waals surface area contributed by atoms with Gasteiger partial charge < -0.3 is 10.2 Å². The number of rotatable bonds is 6. The second-order valence-electron chi connectivity index (χ2n) is 7.71. The number of hydrogen-bond acceptors (Lipinski definition) is 4. The lowest BCUT2D eigenvalue weighted by atomic mass is 10.1. The average molecular weight is 494 g/mol. The molecule has 0 aromatic heterocycles. The van der Waals surface area contributed by atoms with Crippen LogP contribution in [0.25, 0.3) is 0 Å². The fourth-order valence-corrected chi connectivity index (χ4v) is 4.04. The third kappa shape index (κ3) is 4.55. The Morgan fingerprint density at radius 3 is 2.32 bits per heavy atom. The van der Waals surface area contributed by atoms with Gasteiger partial charge in [0.25, 0.3) is 17.7 Å². The predicted octanol–water partition coefficient (Wildman–Crippen LogP) is 5.75. The Morgan fingerprint density at radius 1 is 0.941 bits per heavy atom. The van der Waals surface area contributed by atoms with Gasteiger partial charge in [-0.2, -0.15) is 0 Å². The zero-order valence-electron chi connectivity index (χ0n) is 18.5. The minimum atomic E-state index is -0.639. The van der Waals surface area contributed by atoms with E-state index in [1.165, 1.54) is 0 Å². The van der Waals surface area contributed by atoms with E-state index in [1.54, 1.807) is 53.4 Å². The largest absolute Gasteiger partial charge is 0.350 e. The van der Waals surface area contributed by atoms with Crippen LogP contribution in [-0.4, -0.2) is 24.3 Å². The summed E-state index contributed by atoms with van der Waals surface area (Å²) in [5, 5.41) is 3.17. The summed E-state index contributed by atoms with van der Waals surface area (Å²) in [4.78, 5) is 41.6. The summed E-state index contributed by atoms with van der Waals surface area (Å²) in [6, 6.07) is 20.7. The number of halogens is 2. The molecule has 8 heteroatoms. The Labute approximate surface area is 207 Å². The average Bonchev–Trinajstić information content (AvgIpc) is 3.03. The predicted molar refractivity (Wildman–Crippen MR) is 135 cm³/mol. The minimum absolute atomic E-state index is 0.0581. The van der Waals surface area contributed by atoms with E-state index in [0.29, 0.717) is 28.5 Å². The van der Waals surface area contributed by atoms with Gasteiger partial charge in [0, 0.05) is 28.5 Å². The fourth-order valence-electron chi connectivity index (χ4n) is 3.71. The Morgan fingerprint density at radius 2 is 1.65 bits per heavy atom. The van der Waals surface area contributed by atoms with Gasteiger partial charge >= 0.3 is 0 Å². The van der Waals surface area contributed by atoms with Gasteiger partial charge in [0.15, 0.2) is 0 Å². The third-order valence-electron chi connectivity index (χ3n) is 5.37. The first kappa shape index (κ1) is 23.5. The molecule has 3 amide bonds. The monoisotopic (exact) mass is 493 g/mol. The normalized spacial score (nSPS) is 13.5. The highest BCUT2D eigenvalue weighted by Gasteiger charge is 2.39. The lowest BCUT2D eigenvalue weighted by molar-refractivity contribution is -0.120. The standard InChI is InChI=1S/C26H21Cl2N3O3/c1-3-30(21-9-4-6-16(2)14-21)24(32)17-7-5-8-19(15-17)29-23-22(28)25(33)31(26(23)34)20-12-10-18(27)11-13-20/h4-15,29H,3H2,1-2H3. The molecular weight excluding hydrogens is 473 g/mol. The van der Waals surface area contributed by atoms with Crippen molar-refractivity contribution in [3.05, 3.63) is 99.7 Å². The van der Waals surface area contributed by atoms with Crippen LogP contribution in [-0.2, 0) is 9.59 Å². The molecular formula is C26H21Cl2N3O3. The van der Waals surface area contributed by atoms with Crippen LogP contribution in [0.1, 0.15) is 22.8 Å². The van der Waals surface area contributed by atoms with Crippen LogP contribution in [0.3, 0.4) is 0 Å². The highest BCUT2D eigenvalue weighted by molar-refractivity contribution is 6.53. The first-order chi connectivity index (χ1) is 16.3. The van der Waals surface area contributed by atoms with E-state index in [0.717, 1.165) is 16.2 Å². The lowest BCUT2D eigenvalue weighted by Gasteiger charge is -2.22. The van der Waals surface area contributed by atoms with Gasteiger partial charge in [-0.1, -0.05) is 41.4 Å². The topological polar surface area (TPSA) is 69.7 Å². The molecule has 0 aliphatic carbocycles. The number of carbonyl (C=O) groups excluding carboxylic acids is 3. The van der Waals surface area contributed by atoms with Gasteiger partial charge in [0.05, 0.1) is 5.69 Å². The van der Waals surface area contributed by atoms with Crippen LogP contribution in [0.4, 0.5) is 17.1 Å². The Kier molecular flexibility index (Phi) is 6.72. The molecule has 1 aliphatic heterocycles. The van der Waals surface area contributed by atoms with Crippen molar-refractivity contribution < 1.29 is 14.4 Å². The molecule has 0 fully saturated rings. The molecule has 3 aromatic rings. The number of aryl methyl sites for hydroxylation is 1. The van der Waals surface area contributed by atoms with Crippen LogP contribution in [0.5, 0.6) is 0 Å². The molecule has 3 aromatic carbocycles. The van der Waals surface area contributed by atoms with Crippen LogP contribution < -0.4 is 15.1 Å². The molecule has 0 atom stereocenters. The fraction of sp³-hybridized carbons (Fsp3) is 0.115. The molecule has 4 rings (SSSR count). The second-order valence-corrected chi connectivity index (χ2v) is 8.52. The molecule has 6 nitrogen and oxygen atoms in total. The smallest absolute Gasteiger partial charge is 0.283 e. The molecule has 34 heavy (non-hydrogen) atoms. The van der Waals surface area contributed by atoms with Gasteiger partial charge in [-0.25, -0.2) is 4.90 Å². The van der Waals surface area contributed by atoms with E-state index >= 15 is 0 Å². The van der Waals surface area contributed by atoms with Crippen molar-refractivity contribution in [1.82, 2.24) is 0 Å². The zero-order chi connectivity index (χ0) is 24.4. The highest BCUT2D eigenvalue weighted by Crippen LogP contribution is 2.31. The van der Waals surface area contributed by atoms with Crippen molar-refractivity contribution in [2.24, 2.45) is 0 Å². The maximum absolute atomic E-state index is 13.2. The van der Waals surface area contributed by atoms with E-state index in [9.17, 15) is 14.4 Å². The van der Waals surface area contributed by atoms with Crippen LogP contribution in [0.15, 0.2) is 83.5 Å². The zero-order valence-corrected chi connectivity index (χ0v) is 20.0. The first-order valence-electron chi connectivity index (χ1n) is 10.6. The van der Waals surface area contributed by atoms with Crippen LogP contribution in [0, 0.1) is 6.92 Å².